The van der Waals surface area contributed by atoms with Crippen LogP contribution in [0.3, 0.4) is 0 Å². The lowest BCUT2D eigenvalue weighted by Gasteiger charge is -2.20. The summed E-state index contributed by atoms with van der Waals surface area (Å²) in [5, 5.41) is 0. The van der Waals surface area contributed by atoms with Crippen molar-refractivity contribution in [3.8, 4) is 0 Å². The number of nitrogens with one attached hydrogen (secondary N) is 1. The topological polar surface area (TPSA) is 75.7 Å². The van der Waals surface area contributed by atoms with Gasteiger partial charge in [-0.1, -0.05) is 6.58 Å². The molecule has 0 unspecified atom stereocenters. The fourth-order valence-electron chi connectivity index (χ4n) is 0.634. The molecule has 0 saturated carbocycles. The Bertz CT molecular complexity index is 348. The number of ether oxygens (including phenoxy) is 1. The number of amides is 1. The van der Waals surface area contributed by atoms with E-state index >= 15 is 0 Å². The second kappa shape index (κ2) is 5.13. The van der Waals surface area contributed by atoms with Crippen LogP contribution in [0.5, 0.6) is 0 Å². The molecular weight excluding hydrogens is 220 g/mol. The van der Waals surface area contributed by atoms with Crippen molar-refractivity contribution < 1.29 is 17.9 Å². The first-order valence-corrected chi connectivity index (χ1v) is 5.74. The first-order valence-electron chi connectivity index (χ1n) is 4.30. The molecular formula is C8H16N2O4S. The number of nitrogens with zero attached hydrogens (tertiary/aromatic N) is 1. The van der Waals surface area contributed by atoms with Crippen molar-refractivity contribution in [3.63, 3.8) is 0 Å². The first kappa shape index (κ1) is 13.9. The summed E-state index contributed by atoms with van der Waals surface area (Å²) < 4.78 is 30.1. The van der Waals surface area contributed by atoms with Gasteiger partial charge in [-0.05, 0) is 20.8 Å². The molecule has 0 aromatic carbocycles. The minimum Gasteiger partial charge on any atom is -0.415 e. The van der Waals surface area contributed by atoms with Gasteiger partial charge in [0.2, 0.25) is 0 Å². The average Bonchev–Trinajstić information content (AvgIpc) is 1.99. The maximum Gasteiger partial charge on any atom is 0.427 e. The molecule has 88 valence electrons. The molecule has 0 aromatic heterocycles. The van der Waals surface area contributed by atoms with Crippen LogP contribution >= 0.6 is 0 Å². The summed E-state index contributed by atoms with van der Waals surface area (Å²) in [7, 11) is -2.47. The van der Waals surface area contributed by atoms with E-state index in [1.165, 1.54) is 14.0 Å². The highest BCUT2D eigenvalue weighted by Gasteiger charge is 2.23. The quantitative estimate of drug-likeness (QED) is 0.734. The van der Waals surface area contributed by atoms with Crippen LogP contribution in [0.25, 0.3) is 0 Å². The molecule has 1 amide bonds. The van der Waals surface area contributed by atoms with E-state index in [-0.39, 0.29) is 11.8 Å². The van der Waals surface area contributed by atoms with Crippen LogP contribution in [0, 0.1) is 0 Å². The van der Waals surface area contributed by atoms with Gasteiger partial charge in [0.25, 0.3) is 0 Å². The molecule has 7 heteroatoms. The van der Waals surface area contributed by atoms with Gasteiger partial charge in [0.1, 0.15) is 0 Å². The van der Waals surface area contributed by atoms with E-state index < -0.39 is 16.3 Å². The summed E-state index contributed by atoms with van der Waals surface area (Å²) in [5.74, 6) is 0.120. The number of allylic oxidation sites excluding steroid dienone is 1. The minimum atomic E-state index is -3.84. The molecule has 0 atom stereocenters. The van der Waals surface area contributed by atoms with Crippen LogP contribution in [0.15, 0.2) is 12.3 Å². The molecule has 0 fully saturated rings. The predicted octanol–water partition coefficient (Wildman–Crippen LogP) is 0.831. The van der Waals surface area contributed by atoms with Gasteiger partial charge in [-0.2, -0.15) is 12.7 Å². The zero-order valence-corrected chi connectivity index (χ0v) is 10.1. The van der Waals surface area contributed by atoms with E-state index in [0.717, 1.165) is 4.31 Å². The fourth-order valence-corrected chi connectivity index (χ4v) is 1.59. The van der Waals surface area contributed by atoms with Crippen molar-refractivity contribution in [1.82, 2.24) is 9.03 Å². The minimum absolute atomic E-state index is 0.120. The van der Waals surface area contributed by atoms with E-state index in [1.54, 1.807) is 18.6 Å². The Labute approximate surface area is 90.1 Å². The van der Waals surface area contributed by atoms with Crippen LogP contribution in [-0.2, 0) is 14.9 Å². The molecule has 0 aromatic rings. The summed E-state index contributed by atoms with van der Waals surface area (Å²) in [6.07, 6.45) is -1.06. The number of carbonyl (C=O) groups is 1. The lowest BCUT2D eigenvalue weighted by atomic mass is 10.4. The van der Waals surface area contributed by atoms with E-state index in [0.29, 0.717) is 0 Å². The Kier molecular flexibility index (Phi) is 4.76. The highest BCUT2D eigenvalue weighted by atomic mass is 32.2. The second-order valence-electron chi connectivity index (χ2n) is 3.31. The zero-order chi connectivity index (χ0) is 12.2. The number of hydrogen-bond acceptors (Lipinski definition) is 4. The van der Waals surface area contributed by atoms with Crippen molar-refractivity contribution in [2.75, 3.05) is 7.05 Å². The zero-order valence-electron chi connectivity index (χ0n) is 9.27. The van der Waals surface area contributed by atoms with Gasteiger partial charge in [-0.25, -0.2) is 9.52 Å². The Morgan fingerprint density at radius 2 is 1.93 bits per heavy atom. The van der Waals surface area contributed by atoms with E-state index in [1.807, 2.05) is 0 Å². The summed E-state index contributed by atoms with van der Waals surface area (Å²) in [4.78, 5) is 11.0. The number of hydrogen-bond donors (Lipinski definition) is 1. The third-order valence-corrected chi connectivity index (χ3v) is 3.19. The molecule has 0 aliphatic heterocycles. The Hall–Kier alpha value is -1.08. The predicted molar refractivity (Wildman–Crippen MR) is 56.2 cm³/mol. The molecule has 1 N–H and O–H groups in total. The van der Waals surface area contributed by atoms with Crippen LogP contribution in [0.2, 0.25) is 0 Å². The lowest BCUT2D eigenvalue weighted by molar-refractivity contribution is 0.182. The number of rotatable bonds is 4. The van der Waals surface area contributed by atoms with Gasteiger partial charge in [0.15, 0.2) is 0 Å². The van der Waals surface area contributed by atoms with Crippen molar-refractivity contribution in [3.05, 3.63) is 12.3 Å². The molecule has 0 aliphatic carbocycles. The highest BCUT2D eigenvalue weighted by Crippen LogP contribution is 2.01. The van der Waals surface area contributed by atoms with E-state index in [9.17, 15) is 13.2 Å². The molecule has 0 spiro atoms. The van der Waals surface area contributed by atoms with Crippen molar-refractivity contribution in [2.24, 2.45) is 0 Å². The number of carbonyl (C=O) groups excluding carboxylic acids is 1. The smallest absolute Gasteiger partial charge is 0.415 e. The van der Waals surface area contributed by atoms with Crippen molar-refractivity contribution >= 4 is 16.3 Å². The standard InChI is InChI=1S/C8H16N2O4S/c1-6(2)10(5)15(12,13)9-8(11)14-7(3)4/h6H,3H2,1-2,4-5H3,(H,9,11). The Morgan fingerprint density at radius 3 is 2.27 bits per heavy atom. The summed E-state index contributed by atoms with van der Waals surface area (Å²) in [6.45, 7) is 8.12. The van der Waals surface area contributed by atoms with Crippen LogP contribution in [0.1, 0.15) is 20.8 Å². The fraction of sp³-hybridized carbons (Fsp3) is 0.625. The molecule has 0 aliphatic rings. The molecule has 0 heterocycles. The molecule has 6 nitrogen and oxygen atoms in total. The van der Waals surface area contributed by atoms with E-state index in [4.69, 9.17) is 0 Å². The van der Waals surface area contributed by atoms with Crippen molar-refractivity contribution in [1.29, 1.82) is 0 Å². The third kappa shape index (κ3) is 4.80. The van der Waals surface area contributed by atoms with Gasteiger partial charge in [0.05, 0.1) is 5.76 Å². The average molecular weight is 236 g/mol. The normalized spacial score (nSPS) is 11.6. The highest BCUT2D eigenvalue weighted by molar-refractivity contribution is 7.87. The molecule has 0 bridgehead atoms. The molecule has 0 radical (unpaired) electrons. The van der Waals surface area contributed by atoms with Crippen molar-refractivity contribution in [2.45, 2.75) is 26.8 Å². The summed E-state index contributed by atoms with van der Waals surface area (Å²) in [6, 6.07) is -0.250. The SMILES string of the molecule is C=C(C)OC(=O)NS(=O)(=O)N(C)C(C)C. The summed E-state index contributed by atoms with van der Waals surface area (Å²) >= 11 is 0. The van der Waals surface area contributed by atoms with Gasteiger partial charge >= 0.3 is 16.3 Å². The van der Waals surface area contributed by atoms with Crippen LogP contribution in [0.4, 0.5) is 4.79 Å². The van der Waals surface area contributed by atoms with Gasteiger partial charge < -0.3 is 4.74 Å². The third-order valence-electron chi connectivity index (χ3n) is 1.59. The Morgan fingerprint density at radius 1 is 1.47 bits per heavy atom. The maximum atomic E-state index is 11.4. The van der Waals surface area contributed by atoms with E-state index in [2.05, 4.69) is 11.3 Å². The first-order chi connectivity index (χ1) is 6.66. The monoisotopic (exact) mass is 236 g/mol. The molecule has 15 heavy (non-hydrogen) atoms. The van der Waals surface area contributed by atoms with Gasteiger partial charge in [-0.15, -0.1) is 0 Å². The van der Waals surface area contributed by atoms with Gasteiger partial charge in [-0.3, -0.25) is 0 Å². The maximum absolute atomic E-state index is 11.4. The van der Waals surface area contributed by atoms with Crippen LogP contribution < -0.4 is 4.72 Å². The largest absolute Gasteiger partial charge is 0.427 e. The molecule has 0 saturated heterocycles. The molecule has 0 rings (SSSR count). The Balaban J connectivity index is 4.52. The lowest BCUT2D eigenvalue weighted by Crippen LogP contribution is -2.44. The second-order valence-corrected chi connectivity index (χ2v) is 5.04. The van der Waals surface area contributed by atoms with Crippen LogP contribution in [-0.4, -0.2) is 31.9 Å². The summed E-state index contributed by atoms with van der Waals surface area (Å²) in [5.41, 5.74) is 0. The van der Waals surface area contributed by atoms with Gasteiger partial charge in [0, 0.05) is 13.1 Å².